The molecular weight excluding hydrogens is 317 g/mol. The number of nitrogens with zero attached hydrogens (tertiary/aromatic N) is 2. The molecule has 1 aromatic rings. The van der Waals surface area contributed by atoms with E-state index < -0.39 is 0 Å². The molecule has 2 heterocycles. The highest BCUT2D eigenvalue weighted by Gasteiger charge is 2.35. The van der Waals surface area contributed by atoms with E-state index >= 15 is 0 Å². The number of nitrogens with one attached hydrogen (secondary N) is 1. The molecule has 3 rings (SSSR count). The molecular formula is C17H21Cl2N3. The Morgan fingerprint density at radius 1 is 1.32 bits per heavy atom. The Kier molecular flexibility index (Phi) is 4.55. The SMILES string of the molecule is C/C=C\C1=C(C)N2CCCN(c3ccc(Cl)cc3CCl)C2N1. The summed E-state index contributed by atoms with van der Waals surface area (Å²) in [5, 5.41) is 4.36. The van der Waals surface area contributed by atoms with Crippen LogP contribution < -0.4 is 10.2 Å². The molecule has 0 amide bonds. The van der Waals surface area contributed by atoms with Crippen molar-refractivity contribution < 1.29 is 0 Å². The van der Waals surface area contributed by atoms with Crippen molar-refractivity contribution in [2.75, 3.05) is 18.0 Å². The van der Waals surface area contributed by atoms with Gasteiger partial charge in [0.15, 0.2) is 6.29 Å². The van der Waals surface area contributed by atoms with Crippen molar-refractivity contribution in [2.45, 2.75) is 32.4 Å². The lowest BCUT2D eigenvalue weighted by Crippen LogP contribution is -2.56. The molecule has 1 N–H and O–H groups in total. The fraction of sp³-hybridized carbons (Fsp3) is 0.412. The van der Waals surface area contributed by atoms with Gasteiger partial charge in [0.25, 0.3) is 0 Å². The summed E-state index contributed by atoms with van der Waals surface area (Å²) in [5.74, 6) is 0.466. The van der Waals surface area contributed by atoms with Crippen LogP contribution in [0.1, 0.15) is 25.8 Å². The van der Waals surface area contributed by atoms with E-state index in [4.69, 9.17) is 23.2 Å². The lowest BCUT2D eigenvalue weighted by Gasteiger charge is -2.43. The first-order chi connectivity index (χ1) is 10.7. The summed E-state index contributed by atoms with van der Waals surface area (Å²) in [6.45, 7) is 6.30. The first-order valence-electron chi connectivity index (χ1n) is 7.63. The van der Waals surface area contributed by atoms with Gasteiger partial charge in [0.1, 0.15) is 0 Å². The summed E-state index contributed by atoms with van der Waals surface area (Å²) in [7, 11) is 0. The predicted molar refractivity (Wildman–Crippen MR) is 94.1 cm³/mol. The maximum Gasteiger partial charge on any atom is 0.178 e. The van der Waals surface area contributed by atoms with Crippen LogP contribution in [-0.4, -0.2) is 24.3 Å². The number of hydrogen-bond donors (Lipinski definition) is 1. The number of anilines is 1. The molecule has 118 valence electrons. The number of rotatable bonds is 3. The third-order valence-electron chi connectivity index (χ3n) is 4.32. The molecule has 1 aromatic carbocycles. The second-order valence-corrected chi connectivity index (χ2v) is 6.37. The lowest BCUT2D eigenvalue weighted by molar-refractivity contribution is 0.214. The standard InChI is InChI=1S/C17H21Cl2N3/c1-3-5-15-12(2)21-8-4-9-22(17(21)20-15)16-7-6-14(19)10-13(16)11-18/h3,5-7,10,17,20H,4,8-9,11H2,1-2H3/b5-3-. The van der Waals surface area contributed by atoms with Crippen LogP contribution in [0.25, 0.3) is 0 Å². The van der Waals surface area contributed by atoms with Gasteiger partial charge in [-0.25, -0.2) is 0 Å². The fourth-order valence-corrected chi connectivity index (χ4v) is 3.67. The van der Waals surface area contributed by atoms with Crippen LogP contribution in [0.5, 0.6) is 0 Å². The van der Waals surface area contributed by atoms with Crippen LogP contribution in [0.15, 0.2) is 41.7 Å². The lowest BCUT2D eigenvalue weighted by atomic mass is 10.1. The maximum absolute atomic E-state index is 6.13. The average Bonchev–Trinajstić information content (AvgIpc) is 2.84. The minimum absolute atomic E-state index is 0.156. The monoisotopic (exact) mass is 337 g/mol. The van der Waals surface area contributed by atoms with Crippen LogP contribution in [0.2, 0.25) is 5.02 Å². The van der Waals surface area contributed by atoms with Crippen LogP contribution in [-0.2, 0) is 5.88 Å². The van der Waals surface area contributed by atoms with Gasteiger partial charge in [0.2, 0.25) is 0 Å². The van der Waals surface area contributed by atoms with Gasteiger partial charge in [-0.2, -0.15) is 0 Å². The molecule has 1 saturated heterocycles. The number of hydrogen-bond acceptors (Lipinski definition) is 3. The number of alkyl halides is 1. The molecule has 3 nitrogen and oxygen atoms in total. The van der Waals surface area contributed by atoms with Crippen molar-refractivity contribution in [1.29, 1.82) is 0 Å². The van der Waals surface area contributed by atoms with Crippen molar-refractivity contribution in [2.24, 2.45) is 0 Å². The summed E-state index contributed by atoms with van der Waals surface area (Å²) in [5.41, 5.74) is 4.74. The number of fused-ring (bicyclic) bond motifs is 1. The second kappa shape index (κ2) is 6.43. The maximum atomic E-state index is 6.13. The van der Waals surface area contributed by atoms with Crippen LogP contribution in [0.3, 0.4) is 0 Å². The second-order valence-electron chi connectivity index (χ2n) is 5.66. The third-order valence-corrected chi connectivity index (χ3v) is 4.84. The Bertz CT molecular complexity index is 624. The Labute approximate surface area is 142 Å². The highest BCUT2D eigenvalue weighted by molar-refractivity contribution is 6.30. The quantitative estimate of drug-likeness (QED) is 0.830. The molecule has 0 spiro atoms. The minimum atomic E-state index is 0.156. The van der Waals surface area contributed by atoms with Gasteiger partial charge in [-0.3, -0.25) is 0 Å². The first-order valence-corrected chi connectivity index (χ1v) is 8.54. The zero-order valence-electron chi connectivity index (χ0n) is 12.9. The van der Waals surface area contributed by atoms with Crippen molar-refractivity contribution in [1.82, 2.24) is 10.2 Å². The van der Waals surface area contributed by atoms with Gasteiger partial charge in [-0.1, -0.05) is 17.7 Å². The number of benzene rings is 1. The number of halogens is 2. The van der Waals surface area contributed by atoms with Gasteiger partial charge in [0.05, 0.1) is 5.70 Å². The van der Waals surface area contributed by atoms with Gasteiger partial charge in [-0.15, -0.1) is 11.6 Å². The van der Waals surface area contributed by atoms with Crippen LogP contribution in [0, 0.1) is 0 Å². The zero-order valence-corrected chi connectivity index (χ0v) is 14.5. The van der Waals surface area contributed by atoms with E-state index in [0.717, 1.165) is 35.8 Å². The normalized spacial score (nSPS) is 21.5. The fourth-order valence-electron chi connectivity index (χ4n) is 3.26. The summed E-state index contributed by atoms with van der Waals surface area (Å²) in [6, 6.07) is 5.98. The summed E-state index contributed by atoms with van der Waals surface area (Å²) in [4.78, 5) is 4.81. The molecule has 5 heteroatoms. The minimum Gasteiger partial charge on any atom is -0.347 e. The largest absolute Gasteiger partial charge is 0.347 e. The van der Waals surface area contributed by atoms with Gasteiger partial charge in [-0.05, 0) is 50.1 Å². The van der Waals surface area contributed by atoms with Gasteiger partial charge in [0, 0.05) is 35.4 Å². The van der Waals surface area contributed by atoms with Crippen molar-refractivity contribution in [3.63, 3.8) is 0 Å². The molecule has 0 aromatic heterocycles. The predicted octanol–water partition coefficient (Wildman–Crippen LogP) is 4.29. The molecule has 0 saturated carbocycles. The summed E-state index contributed by atoms with van der Waals surface area (Å²) < 4.78 is 0. The Morgan fingerprint density at radius 3 is 2.82 bits per heavy atom. The molecule has 1 unspecified atom stereocenters. The van der Waals surface area contributed by atoms with E-state index in [2.05, 4.69) is 40.3 Å². The molecule has 1 atom stereocenters. The molecule has 2 aliphatic rings. The van der Waals surface area contributed by atoms with Crippen LogP contribution in [0.4, 0.5) is 5.69 Å². The number of allylic oxidation sites excluding steroid dienone is 3. The molecule has 22 heavy (non-hydrogen) atoms. The summed E-state index contributed by atoms with van der Waals surface area (Å²) in [6.07, 6.45) is 5.49. The van der Waals surface area contributed by atoms with Crippen molar-refractivity contribution in [3.05, 3.63) is 52.3 Å². The van der Waals surface area contributed by atoms with E-state index in [-0.39, 0.29) is 6.29 Å². The molecule has 1 fully saturated rings. The van der Waals surface area contributed by atoms with Gasteiger partial charge >= 0.3 is 0 Å². The van der Waals surface area contributed by atoms with E-state index in [0.29, 0.717) is 5.88 Å². The Morgan fingerprint density at radius 2 is 2.09 bits per heavy atom. The molecule has 2 aliphatic heterocycles. The van der Waals surface area contributed by atoms with E-state index in [1.165, 1.54) is 11.4 Å². The third kappa shape index (κ3) is 2.68. The van der Waals surface area contributed by atoms with Crippen LogP contribution >= 0.6 is 23.2 Å². The van der Waals surface area contributed by atoms with E-state index in [9.17, 15) is 0 Å². The highest BCUT2D eigenvalue weighted by Crippen LogP contribution is 2.33. The molecule has 0 aliphatic carbocycles. The smallest absolute Gasteiger partial charge is 0.178 e. The van der Waals surface area contributed by atoms with Crippen molar-refractivity contribution >= 4 is 28.9 Å². The Hall–Kier alpha value is -1.32. The highest BCUT2D eigenvalue weighted by atomic mass is 35.5. The van der Waals surface area contributed by atoms with E-state index in [1.807, 2.05) is 19.1 Å². The first kappa shape index (κ1) is 15.6. The summed E-state index contributed by atoms with van der Waals surface area (Å²) >= 11 is 12.2. The van der Waals surface area contributed by atoms with Gasteiger partial charge < -0.3 is 15.1 Å². The Balaban J connectivity index is 1.94. The average molecular weight is 338 g/mol. The topological polar surface area (TPSA) is 18.5 Å². The molecule has 0 radical (unpaired) electrons. The van der Waals surface area contributed by atoms with Crippen molar-refractivity contribution in [3.8, 4) is 0 Å². The zero-order chi connectivity index (χ0) is 15.7. The van der Waals surface area contributed by atoms with E-state index in [1.54, 1.807) is 0 Å². The molecule has 0 bridgehead atoms.